The molecule has 0 unspecified atom stereocenters. The van der Waals surface area contributed by atoms with Crippen molar-refractivity contribution in [1.82, 2.24) is 5.43 Å². The molecule has 2 aromatic rings. The van der Waals surface area contributed by atoms with Gasteiger partial charge in [0.15, 0.2) is 11.5 Å². The third-order valence-corrected chi connectivity index (χ3v) is 3.50. The predicted molar refractivity (Wildman–Crippen MR) is 97.0 cm³/mol. The first-order chi connectivity index (χ1) is 12.1. The molecule has 0 saturated heterocycles. The first-order valence-electron chi connectivity index (χ1n) is 7.54. The molecule has 2 amide bonds. The van der Waals surface area contributed by atoms with Gasteiger partial charge < -0.3 is 19.5 Å². The molecule has 0 bridgehead atoms. The molecule has 0 radical (unpaired) electrons. The molecular weight excluding hydrogens is 322 g/mol. The maximum absolute atomic E-state index is 11.9. The lowest BCUT2D eigenvalue weighted by molar-refractivity contribution is 0.252. The Kier molecular flexibility index (Phi) is 6.22. The summed E-state index contributed by atoms with van der Waals surface area (Å²) in [6.07, 6.45) is 1.47. The summed E-state index contributed by atoms with van der Waals surface area (Å²) in [4.78, 5) is 11.9. The molecule has 0 aliphatic rings. The van der Waals surface area contributed by atoms with Crippen molar-refractivity contribution in [3.63, 3.8) is 0 Å². The van der Waals surface area contributed by atoms with Crippen LogP contribution in [0.3, 0.4) is 0 Å². The van der Waals surface area contributed by atoms with Gasteiger partial charge in [-0.1, -0.05) is 18.2 Å². The SMILES string of the molecule is COc1cc(OC)c(OC)cc1/C=N\NC(=O)Nc1ccccc1C. The van der Waals surface area contributed by atoms with Gasteiger partial charge in [-0.3, -0.25) is 0 Å². The van der Waals surface area contributed by atoms with E-state index in [9.17, 15) is 4.79 Å². The normalized spacial score (nSPS) is 10.4. The van der Waals surface area contributed by atoms with Gasteiger partial charge in [-0.15, -0.1) is 0 Å². The third kappa shape index (κ3) is 4.63. The van der Waals surface area contributed by atoms with Gasteiger partial charge in [0.25, 0.3) is 0 Å². The van der Waals surface area contributed by atoms with Crippen LogP contribution in [0.1, 0.15) is 11.1 Å². The van der Waals surface area contributed by atoms with Gasteiger partial charge >= 0.3 is 6.03 Å². The van der Waals surface area contributed by atoms with Gasteiger partial charge in [0.2, 0.25) is 0 Å². The fourth-order valence-electron chi connectivity index (χ4n) is 2.18. The highest BCUT2D eigenvalue weighted by Crippen LogP contribution is 2.33. The van der Waals surface area contributed by atoms with Crippen molar-refractivity contribution in [3.05, 3.63) is 47.5 Å². The average molecular weight is 343 g/mol. The minimum absolute atomic E-state index is 0.440. The Labute approximate surface area is 146 Å². The summed E-state index contributed by atoms with van der Waals surface area (Å²) in [5.74, 6) is 1.62. The van der Waals surface area contributed by atoms with Crippen LogP contribution in [0.4, 0.5) is 10.5 Å². The number of hydrogen-bond donors (Lipinski definition) is 2. The van der Waals surface area contributed by atoms with Crippen LogP contribution in [0.15, 0.2) is 41.5 Å². The van der Waals surface area contributed by atoms with Crippen LogP contribution in [0, 0.1) is 6.92 Å². The molecule has 0 aromatic heterocycles. The highest BCUT2D eigenvalue weighted by atomic mass is 16.5. The van der Waals surface area contributed by atoms with Crippen LogP contribution in [0.5, 0.6) is 17.2 Å². The average Bonchev–Trinajstić information content (AvgIpc) is 2.63. The van der Waals surface area contributed by atoms with Gasteiger partial charge in [0.1, 0.15) is 5.75 Å². The molecule has 7 nitrogen and oxygen atoms in total. The molecule has 0 aliphatic heterocycles. The summed E-state index contributed by atoms with van der Waals surface area (Å²) < 4.78 is 15.8. The molecule has 25 heavy (non-hydrogen) atoms. The Morgan fingerprint density at radius 2 is 1.64 bits per heavy atom. The van der Waals surface area contributed by atoms with E-state index < -0.39 is 6.03 Å². The summed E-state index contributed by atoms with van der Waals surface area (Å²) in [5.41, 5.74) is 4.73. The molecule has 2 N–H and O–H groups in total. The third-order valence-electron chi connectivity index (χ3n) is 3.50. The van der Waals surface area contributed by atoms with Crippen molar-refractivity contribution in [3.8, 4) is 17.2 Å². The Bertz CT molecular complexity index is 775. The second kappa shape index (κ2) is 8.58. The molecule has 0 saturated carbocycles. The number of aryl methyl sites for hydroxylation is 1. The molecule has 0 atom stereocenters. The molecule has 2 rings (SSSR count). The number of ether oxygens (including phenoxy) is 3. The number of nitrogens with one attached hydrogen (secondary N) is 2. The molecule has 2 aromatic carbocycles. The van der Waals surface area contributed by atoms with Gasteiger partial charge in [0, 0.05) is 17.3 Å². The number of urea groups is 1. The molecule has 0 spiro atoms. The first kappa shape index (κ1) is 18.1. The van der Waals surface area contributed by atoms with Crippen molar-refractivity contribution < 1.29 is 19.0 Å². The fraction of sp³-hybridized carbons (Fsp3) is 0.222. The fourth-order valence-corrected chi connectivity index (χ4v) is 2.18. The van der Waals surface area contributed by atoms with Gasteiger partial charge in [-0.2, -0.15) is 5.10 Å². The summed E-state index contributed by atoms with van der Waals surface area (Å²) in [7, 11) is 4.62. The standard InChI is InChI=1S/C18H21N3O4/c1-12-7-5-6-8-14(12)20-18(22)21-19-11-13-9-16(24-3)17(25-4)10-15(13)23-2/h5-11H,1-4H3,(H2,20,21,22)/b19-11-. The van der Waals surface area contributed by atoms with E-state index in [1.165, 1.54) is 13.3 Å². The van der Waals surface area contributed by atoms with Crippen LogP contribution >= 0.6 is 0 Å². The lowest BCUT2D eigenvalue weighted by Gasteiger charge is -2.11. The number of carbonyl (C=O) groups excluding carboxylic acids is 1. The van der Waals surface area contributed by atoms with E-state index in [4.69, 9.17) is 14.2 Å². The van der Waals surface area contributed by atoms with E-state index in [-0.39, 0.29) is 0 Å². The zero-order valence-electron chi connectivity index (χ0n) is 14.6. The Hall–Kier alpha value is -3.22. The number of hydrogen-bond acceptors (Lipinski definition) is 5. The molecule has 132 valence electrons. The minimum Gasteiger partial charge on any atom is -0.496 e. The number of para-hydroxylation sites is 1. The number of benzene rings is 2. The van der Waals surface area contributed by atoms with Crippen molar-refractivity contribution in [2.45, 2.75) is 6.92 Å². The van der Waals surface area contributed by atoms with E-state index in [1.54, 1.807) is 26.4 Å². The zero-order valence-corrected chi connectivity index (χ0v) is 14.6. The lowest BCUT2D eigenvalue weighted by atomic mass is 10.2. The summed E-state index contributed by atoms with van der Waals surface area (Å²) in [5, 5.41) is 6.67. The van der Waals surface area contributed by atoms with E-state index in [1.807, 2.05) is 31.2 Å². The largest absolute Gasteiger partial charge is 0.496 e. The zero-order chi connectivity index (χ0) is 18.2. The van der Waals surface area contributed by atoms with Crippen LogP contribution in [-0.2, 0) is 0 Å². The molecule has 0 fully saturated rings. The van der Waals surface area contributed by atoms with E-state index in [0.717, 1.165) is 11.3 Å². The topological polar surface area (TPSA) is 81.2 Å². The highest BCUT2D eigenvalue weighted by Gasteiger charge is 2.10. The molecular formula is C18H21N3O4. The second-order valence-electron chi connectivity index (χ2n) is 5.09. The Morgan fingerprint density at radius 3 is 2.28 bits per heavy atom. The van der Waals surface area contributed by atoms with Gasteiger partial charge in [-0.25, -0.2) is 10.2 Å². The number of amides is 2. The van der Waals surface area contributed by atoms with Gasteiger partial charge in [-0.05, 0) is 24.6 Å². The van der Waals surface area contributed by atoms with Crippen LogP contribution in [0.2, 0.25) is 0 Å². The summed E-state index contributed by atoms with van der Waals surface area (Å²) in [6, 6.07) is 10.4. The maximum atomic E-state index is 11.9. The number of nitrogens with zero attached hydrogens (tertiary/aromatic N) is 1. The number of carbonyl (C=O) groups is 1. The first-order valence-corrected chi connectivity index (χ1v) is 7.54. The Morgan fingerprint density at radius 1 is 1.00 bits per heavy atom. The van der Waals surface area contributed by atoms with Crippen LogP contribution in [-0.4, -0.2) is 33.6 Å². The monoisotopic (exact) mass is 343 g/mol. The maximum Gasteiger partial charge on any atom is 0.339 e. The molecule has 7 heteroatoms. The lowest BCUT2D eigenvalue weighted by Crippen LogP contribution is -2.24. The van der Waals surface area contributed by atoms with Crippen LogP contribution < -0.4 is 25.0 Å². The molecule has 0 aliphatic carbocycles. The Balaban J connectivity index is 2.08. The quantitative estimate of drug-likeness (QED) is 0.623. The van der Waals surface area contributed by atoms with E-state index in [0.29, 0.717) is 22.8 Å². The molecule has 0 heterocycles. The smallest absolute Gasteiger partial charge is 0.339 e. The minimum atomic E-state index is -0.440. The number of hydrazone groups is 1. The van der Waals surface area contributed by atoms with Crippen molar-refractivity contribution in [2.75, 3.05) is 26.6 Å². The van der Waals surface area contributed by atoms with Gasteiger partial charge in [0.05, 0.1) is 27.5 Å². The number of methoxy groups -OCH3 is 3. The number of rotatable bonds is 6. The second-order valence-corrected chi connectivity index (χ2v) is 5.09. The van der Waals surface area contributed by atoms with Crippen molar-refractivity contribution in [2.24, 2.45) is 5.10 Å². The summed E-state index contributed by atoms with van der Waals surface area (Å²) >= 11 is 0. The van der Waals surface area contributed by atoms with E-state index >= 15 is 0 Å². The van der Waals surface area contributed by atoms with Crippen molar-refractivity contribution >= 4 is 17.9 Å². The van der Waals surface area contributed by atoms with Crippen molar-refractivity contribution in [1.29, 1.82) is 0 Å². The number of anilines is 1. The summed E-state index contributed by atoms with van der Waals surface area (Å²) in [6.45, 7) is 1.91. The van der Waals surface area contributed by atoms with E-state index in [2.05, 4.69) is 15.8 Å². The highest BCUT2D eigenvalue weighted by molar-refractivity contribution is 5.91. The predicted octanol–water partition coefficient (Wildman–Crippen LogP) is 3.18. The van der Waals surface area contributed by atoms with Crippen LogP contribution in [0.25, 0.3) is 0 Å².